The Morgan fingerprint density at radius 2 is 1.54 bits per heavy atom. The predicted molar refractivity (Wildman–Crippen MR) is 202 cm³/mol. The molecule has 1 saturated heterocycles. The molecule has 3 heterocycles. The molecule has 282 valence electrons. The molecule has 2 aromatic rings. The normalized spacial score (nSPS) is 42.4. The van der Waals surface area contributed by atoms with Crippen LogP contribution < -0.4 is 0 Å². The predicted octanol–water partition coefficient (Wildman–Crippen LogP) is 9.80. The van der Waals surface area contributed by atoms with Gasteiger partial charge in [-0.3, -0.25) is 14.6 Å². The van der Waals surface area contributed by atoms with Gasteiger partial charge in [0.1, 0.15) is 11.9 Å². The van der Waals surface area contributed by atoms with Crippen molar-refractivity contribution in [2.75, 3.05) is 6.54 Å². The van der Waals surface area contributed by atoms with Gasteiger partial charge in [-0.15, -0.1) is 0 Å². The van der Waals surface area contributed by atoms with E-state index in [1.165, 1.54) is 51.4 Å². The monoisotopic (exact) mass is 708 g/mol. The van der Waals surface area contributed by atoms with E-state index in [-0.39, 0.29) is 39.8 Å². The van der Waals surface area contributed by atoms with Gasteiger partial charge in [0.05, 0.1) is 23.3 Å². The van der Waals surface area contributed by atoms with Crippen molar-refractivity contribution < 1.29 is 14.3 Å². The molecule has 0 aromatic carbocycles. The van der Waals surface area contributed by atoms with E-state index in [9.17, 15) is 4.79 Å². The Hall–Kier alpha value is -2.70. The fourth-order valence-corrected chi connectivity index (χ4v) is 15.3. The summed E-state index contributed by atoms with van der Waals surface area (Å²) in [6.07, 6.45) is 21.0. The van der Waals surface area contributed by atoms with Gasteiger partial charge in [-0.2, -0.15) is 0 Å². The molecule has 0 radical (unpaired) electrons. The third-order valence-corrected chi connectivity index (χ3v) is 18.7. The van der Waals surface area contributed by atoms with Crippen LogP contribution in [-0.4, -0.2) is 44.4 Å². The number of hydrogen-bond acceptors (Lipinski definition) is 5. The number of nitrogens with zero attached hydrogens (tertiary/aromatic N) is 3. The second kappa shape index (κ2) is 11.9. The van der Waals surface area contributed by atoms with Crippen LogP contribution in [0.15, 0.2) is 30.7 Å². The summed E-state index contributed by atoms with van der Waals surface area (Å²) >= 11 is 0. The minimum atomic E-state index is -0.397. The van der Waals surface area contributed by atoms with E-state index in [2.05, 4.69) is 62.5 Å². The second-order valence-corrected chi connectivity index (χ2v) is 20.4. The van der Waals surface area contributed by atoms with Crippen LogP contribution in [0.4, 0.5) is 0 Å². The number of imidazole rings is 1. The zero-order valence-electron chi connectivity index (χ0n) is 33.0. The van der Waals surface area contributed by atoms with Crippen LogP contribution in [0.5, 0.6) is 0 Å². The molecule has 1 aliphatic heterocycles. The third-order valence-electron chi connectivity index (χ3n) is 18.7. The highest BCUT2D eigenvalue weighted by molar-refractivity contribution is 5.86. The molecule has 7 aliphatic rings. The number of hydrogen-bond donors (Lipinski definition) is 1. The first kappa shape index (κ1) is 35.0. The Morgan fingerprint density at radius 3 is 2.27 bits per heavy atom. The van der Waals surface area contributed by atoms with Gasteiger partial charge in [0.15, 0.2) is 0 Å². The van der Waals surface area contributed by atoms with Crippen molar-refractivity contribution in [2.24, 2.45) is 68.5 Å². The number of esters is 1. The number of fused-ring (bicyclic) bond motifs is 7. The number of pyridine rings is 1. The molecule has 9 rings (SSSR count). The maximum atomic E-state index is 16.1. The lowest BCUT2D eigenvalue weighted by atomic mass is 9.42. The number of aromatic amines is 1. The molecule has 2 aromatic heterocycles. The van der Waals surface area contributed by atoms with Crippen LogP contribution in [0, 0.1) is 68.5 Å². The summed E-state index contributed by atoms with van der Waals surface area (Å²) in [5.41, 5.74) is 1.79. The van der Waals surface area contributed by atoms with Gasteiger partial charge in [-0.1, -0.05) is 41.5 Å². The van der Waals surface area contributed by atoms with Gasteiger partial charge >= 0.3 is 5.97 Å². The highest BCUT2D eigenvalue weighted by atomic mass is 16.5. The zero-order chi connectivity index (χ0) is 36.4. The number of aromatic nitrogens is 3. The Balaban J connectivity index is 1.07. The number of ether oxygens (including phenoxy) is 1. The largest absolute Gasteiger partial charge is 0.463 e. The molecular formula is C45H64N4O3. The summed E-state index contributed by atoms with van der Waals surface area (Å²) in [4.78, 5) is 43.1. The van der Waals surface area contributed by atoms with Crippen LogP contribution in [-0.2, 0) is 14.3 Å². The van der Waals surface area contributed by atoms with Crippen molar-refractivity contribution in [1.82, 2.24) is 19.9 Å². The number of amides is 1. The molecule has 6 aliphatic carbocycles. The molecule has 11 atom stereocenters. The quantitative estimate of drug-likeness (QED) is 0.313. The summed E-state index contributed by atoms with van der Waals surface area (Å²) < 4.78 is 5.76. The van der Waals surface area contributed by atoms with Gasteiger partial charge in [0.25, 0.3) is 0 Å². The van der Waals surface area contributed by atoms with Crippen LogP contribution >= 0.6 is 0 Å². The van der Waals surface area contributed by atoms with Crippen LogP contribution in [0.2, 0.25) is 0 Å². The van der Waals surface area contributed by atoms with E-state index in [0.29, 0.717) is 29.6 Å². The molecule has 1 amide bonds. The minimum Gasteiger partial charge on any atom is -0.463 e. The number of H-pyrrole nitrogens is 1. The van der Waals surface area contributed by atoms with Gasteiger partial charge in [0.2, 0.25) is 5.91 Å². The molecule has 52 heavy (non-hydrogen) atoms. The summed E-state index contributed by atoms with van der Waals surface area (Å²) in [6, 6.07) is 4.02. The van der Waals surface area contributed by atoms with Gasteiger partial charge in [-0.25, -0.2) is 4.98 Å². The van der Waals surface area contributed by atoms with E-state index in [1.54, 1.807) is 13.1 Å². The molecule has 7 heteroatoms. The lowest BCUT2D eigenvalue weighted by Crippen LogP contribution is -2.61. The minimum absolute atomic E-state index is 0.00253. The molecule has 6 saturated carbocycles. The summed E-state index contributed by atoms with van der Waals surface area (Å²) in [7, 11) is 0. The molecule has 7 fully saturated rings. The van der Waals surface area contributed by atoms with E-state index in [4.69, 9.17) is 9.72 Å². The van der Waals surface area contributed by atoms with E-state index in [1.807, 2.05) is 18.5 Å². The molecule has 10 unspecified atom stereocenters. The van der Waals surface area contributed by atoms with Crippen molar-refractivity contribution in [3.8, 4) is 11.3 Å². The van der Waals surface area contributed by atoms with Crippen LogP contribution in [0.25, 0.3) is 11.3 Å². The van der Waals surface area contributed by atoms with Gasteiger partial charge in [-0.05, 0) is 159 Å². The number of carbonyl (C=O) groups is 2. The van der Waals surface area contributed by atoms with Crippen molar-refractivity contribution >= 4 is 11.9 Å². The highest BCUT2D eigenvalue weighted by Gasteiger charge is 2.83. The summed E-state index contributed by atoms with van der Waals surface area (Å²) in [5, 5.41) is 0. The molecule has 0 bridgehead atoms. The lowest BCUT2D eigenvalue weighted by molar-refractivity contribution is -0.176. The first-order valence-electron chi connectivity index (χ1n) is 21.2. The maximum absolute atomic E-state index is 16.1. The van der Waals surface area contributed by atoms with Crippen molar-refractivity contribution in [3.05, 3.63) is 36.5 Å². The summed E-state index contributed by atoms with van der Waals surface area (Å²) in [5.74, 6) is 5.99. The SMILES string of the molecule is CC(=O)OC1CCC2C(CCC3C2CCC2C3CCC3(C(=O)N4CCC[C@H]4c4ncc(-c5cccnc5)[nH]4)C2C(C)(C2(C)CC2)C(C)(C)C3(C)C)C1. The molecular weight excluding hydrogens is 645 g/mol. The van der Waals surface area contributed by atoms with E-state index in [0.717, 1.165) is 73.5 Å². The van der Waals surface area contributed by atoms with Crippen molar-refractivity contribution in [3.63, 3.8) is 0 Å². The highest BCUT2D eigenvalue weighted by Crippen LogP contribution is 2.86. The van der Waals surface area contributed by atoms with Crippen molar-refractivity contribution in [1.29, 1.82) is 0 Å². The fourth-order valence-electron chi connectivity index (χ4n) is 15.3. The average molecular weight is 709 g/mol. The molecule has 1 N–H and O–H groups in total. The molecule has 0 spiro atoms. The standard InChI is InChI=1S/C45H64N4O3/c1-27(50)52-30-13-15-31-28(24-30)12-14-33-32(31)16-17-35-34(33)18-19-45(38(35)44(7,43(6)20-21-43)41(2,3)42(45,4)5)40(51)49-23-9-11-37(49)39-47-26-36(48-39)29-10-8-22-46-25-29/h8,10,22,25-26,28,30-35,37-38H,9,11-21,23-24H2,1-7H3,(H,47,48)/t28?,30?,31?,32?,33?,34?,35?,37-,38?,44?,45?/m0/s1. The lowest BCUT2D eigenvalue weighted by Gasteiger charge is -2.62. The van der Waals surface area contributed by atoms with Crippen molar-refractivity contribution in [2.45, 2.75) is 144 Å². The third kappa shape index (κ3) is 4.61. The fraction of sp³-hybridized carbons (Fsp3) is 0.778. The zero-order valence-corrected chi connectivity index (χ0v) is 33.0. The Labute approximate surface area is 312 Å². The smallest absolute Gasteiger partial charge is 0.302 e. The Bertz CT molecular complexity index is 1710. The van der Waals surface area contributed by atoms with E-state index < -0.39 is 5.41 Å². The number of carbonyl (C=O) groups excluding carboxylic acids is 2. The van der Waals surface area contributed by atoms with E-state index >= 15 is 4.79 Å². The first-order chi connectivity index (χ1) is 24.7. The maximum Gasteiger partial charge on any atom is 0.302 e. The van der Waals surface area contributed by atoms with Crippen LogP contribution in [0.3, 0.4) is 0 Å². The number of nitrogens with one attached hydrogen (secondary N) is 1. The topological polar surface area (TPSA) is 88.2 Å². The Kier molecular flexibility index (Phi) is 8.02. The van der Waals surface area contributed by atoms with Crippen LogP contribution in [0.1, 0.15) is 144 Å². The number of rotatable bonds is 5. The Morgan fingerprint density at radius 1 is 0.827 bits per heavy atom. The molecule has 7 nitrogen and oxygen atoms in total. The summed E-state index contributed by atoms with van der Waals surface area (Å²) in [6.45, 7) is 17.9. The van der Waals surface area contributed by atoms with Gasteiger partial charge in [0, 0.05) is 31.4 Å². The average Bonchev–Trinajstić information content (AvgIpc) is 3.45. The second-order valence-electron chi connectivity index (χ2n) is 20.4. The van der Waals surface area contributed by atoms with Gasteiger partial charge < -0.3 is 14.6 Å². The first-order valence-corrected chi connectivity index (χ1v) is 21.2. The number of likely N-dealkylation sites (tertiary alicyclic amines) is 1.